The molecule has 8 heteroatoms. The Labute approximate surface area is 189 Å². The summed E-state index contributed by atoms with van der Waals surface area (Å²) in [7, 11) is 5.77. The minimum atomic E-state index is 0. The molecule has 0 fully saturated rings. The third kappa shape index (κ3) is 6.06. The normalized spacial score (nSPS) is 11.2. The Morgan fingerprint density at radius 1 is 1.07 bits per heavy atom. The highest BCUT2D eigenvalue weighted by Gasteiger charge is 2.06. The lowest BCUT2D eigenvalue weighted by Crippen LogP contribution is -2.37. The molecular formula is C21H30IN7. The van der Waals surface area contributed by atoms with Crippen LogP contribution in [0.4, 0.5) is 5.82 Å². The number of aryl methyl sites for hydroxylation is 2. The molecule has 0 aliphatic heterocycles. The van der Waals surface area contributed by atoms with Gasteiger partial charge in [0, 0.05) is 34.2 Å². The van der Waals surface area contributed by atoms with E-state index in [1.807, 2.05) is 43.3 Å². The number of hydrogen-bond acceptors (Lipinski definition) is 4. The first kappa shape index (κ1) is 22.9. The molecule has 0 bridgehead atoms. The van der Waals surface area contributed by atoms with Gasteiger partial charge in [0.25, 0.3) is 0 Å². The lowest BCUT2D eigenvalue weighted by atomic mass is 10.3. The second-order valence-electron chi connectivity index (χ2n) is 6.89. The fraction of sp³-hybridized carbons (Fsp3) is 0.381. The summed E-state index contributed by atoms with van der Waals surface area (Å²) in [4.78, 5) is 15.5. The molecule has 0 amide bonds. The number of halogens is 1. The summed E-state index contributed by atoms with van der Waals surface area (Å²) in [5.74, 6) is 2.78. The fourth-order valence-corrected chi connectivity index (χ4v) is 3.13. The van der Waals surface area contributed by atoms with Crippen LogP contribution in [0, 0.1) is 6.92 Å². The average Bonchev–Trinajstić information content (AvgIpc) is 3.02. The van der Waals surface area contributed by atoms with Gasteiger partial charge in [-0.1, -0.05) is 18.2 Å². The van der Waals surface area contributed by atoms with Crippen LogP contribution in [0.15, 0.2) is 47.5 Å². The Kier molecular flexibility index (Phi) is 8.69. The van der Waals surface area contributed by atoms with Crippen molar-refractivity contribution in [3.8, 4) is 0 Å². The maximum atomic E-state index is 4.62. The van der Waals surface area contributed by atoms with E-state index >= 15 is 0 Å². The largest absolute Gasteiger partial charge is 0.363 e. The molecular weight excluding hydrogens is 477 g/mol. The number of hydrogen-bond donors (Lipinski definition) is 2. The molecule has 0 saturated carbocycles. The van der Waals surface area contributed by atoms with Crippen molar-refractivity contribution in [3.63, 3.8) is 0 Å². The number of anilines is 1. The molecule has 0 aliphatic carbocycles. The van der Waals surface area contributed by atoms with Gasteiger partial charge in [0.05, 0.1) is 23.3 Å². The number of nitrogens with zero attached hydrogens (tertiary/aromatic N) is 5. The lowest BCUT2D eigenvalue weighted by molar-refractivity contribution is 0.624. The highest BCUT2D eigenvalue weighted by atomic mass is 127. The first-order valence-corrected chi connectivity index (χ1v) is 9.58. The van der Waals surface area contributed by atoms with Gasteiger partial charge >= 0.3 is 0 Å². The van der Waals surface area contributed by atoms with Gasteiger partial charge in [0.15, 0.2) is 5.96 Å². The highest BCUT2D eigenvalue weighted by molar-refractivity contribution is 14.0. The molecule has 0 saturated heterocycles. The maximum absolute atomic E-state index is 4.62. The van der Waals surface area contributed by atoms with Gasteiger partial charge in [-0.3, -0.25) is 4.99 Å². The van der Waals surface area contributed by atoms with E-state index in [2.05, 4.69) is 55.3 Å². The van der Waals surface area contributed by atoms with E-state index in [-0.39, 0.29) is 24.0 Å². The number of nitrogens with one attached hydrogen (secondary N) is 2. The SMILES string of the molecule is CN=C(NCCCn1c(C)nc2ccccc21)NCc1cccc(N(C)C)n1.I. The van der Waals surface area contributed by atoms with E-state index in [4.69, 9.17) is 0 Å². The summed E-state index contributed by atoms with van der Waals surface area (Å²) in [6, 6.07) is 14.3. The monoisotopic (exact) mass is 507 g/mol. The molecule has 3 rings (SSSR count). The molecule has 2 aromatic heterocycles. The topological polar surface area (TPSA) is 70.4 Å². The van der Waals surface area contributed by atoms with Crippen LogP contribution in [-0.4, -0.2) is 48.2 Å². The van der Waals surface area contributed by atoms with E-state index in [1.54, 1.807) is 7.05 Å². The quantitative estimate of drug-likeness (QED) is 0.223. The standard InChI is InChI=1S/C21H29N7.HI/c1-16-25-18-10-5-6-11-19(18)28(16)14-8-13-23-21(22-2)24-15-17-9-7-12-20(26-17)27(3)4;/h5-7,9-12H,8,13-15H2,1-4H3,(H2,22,23,24);1H. The highest BCUT2D eigenvalue weighted by Crippen LogP contribution is 2.15. The van der Waals surface area contributed by atoms with Gasteiger partial charge in [-0.05, 0) is 37.6 Å². The summed E-state index contributed by atoms with van der Waals surface area (Å²) in [6.07, 6.45) is 0.982. The number of guanidine groups is 1. The van der Waals surface area contributed by atoms with Gasteiger partial charge in [0.2, 0.25) is 0 Å². The molecule has 1 aromatic carbocycles. The van der Waals surface area contributed by atoms with Crippen molar-refractivity contribution in [1.29, 1.82) is 0 Å². The molecule has 29 heavy (non-hydrogen) atoms. The molecule has 0 atom stereocenters. The number of aliphatic imine (C=N–C) groups is 1. The lowest BCUT2D eigenvalue weighted by Gasteiger charge is -2.14. The Hall–Kier alpha value is -2.36. The predicted octanol–water partition coefficient (Wildman–Crippen LogP) is 3.18. The van der Waals surface area contributed by atoms with Gasteiger partial charge in [-0.25, -0.2) is 9.97 Å². The Bertz CT molecular complexity index is 949. The molecule has 156 valence electrons. The Morgan fingerprint density at radius 3 is 2.62 bits per heavy atom. The summed E-state index contributed by atoms with van der Waals surface area (Å²) >= 11 is 0. The van der Waals surface area contributed by atoms with Crippen molar-refractivity contribution in [2.45, 2.75) is 26.4 Å². The summed E-state index contributed by atoms with van der Waals surface area (Å²) < 4.78 is 2.27. The third-order valence-electron chi connectivity index (χ3n) is 4.61. The van der Waals surface area contributed by atoms with Crippen LogP contribution in [0.3, 0.4) is 0 Å². The van der Waals surface area contributed by atoms with Crippen molar-refractivity contribution in [2.75, 3.05) is 32.6 Å². The van der Waals surface area contributed by atoms with E-state index in [0.717, 1.165) is 48.3 Å². The fourth-order valence-electron chi connectivity index (χ4n) is 3.13. The van der Waals surface area contributed by atoms with Gasteiger partial charge < -0.3 is 20.1 Å². The molecule has 7 nitrogen and oxygen atoms in total. The average molecular weight is 507 g/mol. The van der Waals surface area contributed by atoms with Crippen LogP contribution < -0.4 is 15.5 Å². The number of imidazole rings is 1. The zero-order valence-corrected chi connectivity index (χ0v) is 19.8. The van der Waals surface area contributed by atoms with Crippen LogP contribution in [0.1, 0.15) is 17.9 Å². The first-order chi connectivity index (χ1) is 13.6. The minimum absolute atomic E-state index is 0. The number of aromatic nitrogens is 3. The molecule has 3 aromatic rings. The third-order valence-corrected chi connectivity index (χ3v) is 4.61. The molecule has 0 unspecified atom stereocenters. The van der Waals surface area contributed by atoms with Crippen molar-refractivity contribution >= 4 is 46.8 Å². The van der Waals surface area contributed by atoms with Crippen LogP contribution in [0.2, 0.25) is 0 Å². The smallest absolute Gasteiger partial charge is 0.191 e. The zero-order valence-electron chi connectivity index (χ0n) is 17.5. The summed E-state index contributed by atoms with van der Waals surface area (Å²) in [5.41, 5.74) is 3.22. The molecule has 2 N–H and O–H groups in total. The van der Waals surface area contributed by atoms with Crippen LogP contribution in [0.25, 0.3) is 11.0 Å². The second kappa shape index (κ2) is 11.0. The van der Waals surface area contributed by atoms with E-state index in [0.29, 0.717) is 6.54 Å². The number of fused-ring (bicyclic) bond motifs is 1. The Balaban J connectivity index is 0.00000300. The zero-order chi connectivity index (χ0) is 19.9. The van der Waals surface area contributed by atoms with Crippen molar-refractivity contribution in [3.05, 3.63) is 54.0 Å². The van der Waals surface area contributed by atoms with Crippen molar-refractivity contribution < 1.29 is 0 Å². The number of rotatable bonds is 7. The van der Waals surface area contributed by atoms with Gasteiger partial charge in [-0.15, -0.1) is 24.0 Å². The van der Waals surface area contributed by atoms with Crippen LogP contribution in [-0.2, 0) is 13.1 Å². The predicted molar refractivity (Wildman–Crippen MR) is 131 cm³/mol. The van der Waals surface area contributed by atoms with E-state index in [1.165, 1.54) is 5.52 Å². The van der Waals surface area contributed by atoms with E-state index in [9.17, 15) is 0 Å². The molecule has 0 aliphatic rings. The van der Waals surface area contributed by atoms with Crippen LogP contribution in [0.5, 0.6) is 0 Å². The second-order valence-corrected chi connectivity index (χ2v) is 6.89. The molecule has 0 radical (unpaired) electrons. The Morgan fingerprint density at radius 2 is 1.86 bits per heavy atom. The number of pyridine rings is 1. The van der Waals surface area contributed by atoms with E-state index < -0.39 is 0 Å². The molecule has 2 heterocycles. The van der Waals surface area contributed by atoms with Crippen molar-refractivity contribution in [2.24, 2.45) is 4.99 Å². The van der Waals surface area contributed by atoms with Gasteiger partial charge in [0.1, 0.15) is 11.6 Å². The van der Waals surface area contributed by atoms with Gasteiger partial charge in [-0.2, -0.15) is 0 Å². The number of para-hydroxylation sites is 2. The first-order valence-electron chi connectivity index (χ1n) is 9.58. The van der Waals surface area contributed by atoms with Crippen molar-refractivity contribution in [1.82, 2.24) is 25.2 Å². The number of benzene rings is 1. The molecule has 0 spiro atoms. The summed E-state index contributed by atoms with van der Waals surface area (Å²) in [6.45, 7) is 4.44. The van der Waals surface area contributed by atoms with Crippen LogP contribution >= 0.6 is 24.0 Å². The minimum Gasteiger partial charge on any atom is -0.363 e. The maximum Gasteiger partial charge on any atom is 0.191 e. The summed E-state index contributed by atoms with van der Waals surface area (Å²) in [5, 5.41) is 6.70.